The standard InChI is InChI=1S/C21H21ClN2O3S/c22-17-8-6-15(7-9-17)12-24(18-4-2-1-3-5-18)20(27)11-10-19(26)21-16(13-25)14-28-23-21/h1-9,13,16,21,23H,10-12,14H2/t16-,21?/m1/s1. The third kappa shape index (κ3) is 5.22. The molecule has 3 rings (SSSR count). The summed E-state index contributed by atoms with van der Waals surface area (Å²) in [6.07, 6.45) is 1.01. The number of rotatable bonds is 8. The molecule has 7 heteroatoms. The van der Waals surface area contributed by atoms with Crippen molar-refractivity contribution in [2.24, 2.45) is 5.92 Å². The normalized spacial score (nSPS) is 18.6. The van der Waals surface area contributed by atoms with E-state index in [0.717, 1.165) is 17.5 Å². The van der Waals surface area contributed by atoms with Crippen LogP contribution in [0.25, 0.3) is 0 Å². The molecule has 1 saturated heterocycles. The van der Waals surface area contributed by atoms with Crippen LogP contribution in [-0.4, -0.2) is 29.8 Å². The number of carbonyl (C=O) groups excluding carboxylic acids is 3. The Kier molecular flexibility index (Phi) is 7.25. The molecule has 0 radical (unpaired) electrons. The van der Waals surface area contributed by atoms with Gasteiger partial charge in [-0.15, -0.1) is 0 Å². The molecule has 0 saturated carbocycles. The van der Waals surface area contributed by atoms with Crippen molar-refractivity contribution in [1.82, 2.24) is 4.72 Å². The van der Waals surface area contributed by atoms with E-state index in [2.05, 4.69) is 4.72 Å². The molecule has 1 N–H and O–H groups in total. The van der Waals surface area contributed by atoms with Crippen LogP contribution in [0.15, 0.2) is 54.6 Å². The average molecular weight is 417 g/mol. The maximum absolute atomic E-state index is 12.9. The van der Waals surface area contributed by atoms with E-state index in [4.69, 9.17) is 11.6 Å². The molecule has 1 aliphatic heterocycles. The fraction of sp³-hybridized carbons (Fsp3) is 0.286. The van der Waals surface area contributed by atoms with E-state index in [1.165, 1.54) is 11.9 Å². The van der Waals surface area contributed by atoms with Crippen LogP contribution in [0.5, 0.6) is 0 Å². The molecule has 146 valence electrons. The third-order valence-corrected chi connectivity index (χ3v) is 5.87. The first kappa shape index (κ1) is 20.6. The lowest BCUT2D eigenvalue weighted by Gasteiger charge is -2.23. The molecule has 0 spiro atoms. The minimum atomic E-state index is -0.503. The highest BCUT2D eigenvalue weighted by Gasteiger charge is 2.33. The molecule has 1 heterocycles. The fourth-order valence-electron chi connectivity index (χ4n) is 3.06. The number of nitrogens with zero attached hydrogens (tertiary/aromatic N) is 1. The van der Waals surface area contributed by atoms with Gasteiger partial charge in [-0.3, -0.25) is 14.3 Å². The Hall–Kier alpha value is -2.15. The summed E-state index contributed by atoms with van der Waals surface area (Å²) in [6.45, 7) is 0.392. The van der Waals surface area contributed by atoms with E-state index in [-0.39, 0.29) is 30.4 Å². The summed E-state index contributed by atoms with van der Waals surface area (Å²) in [6, 6.07) is 16.2. The monoisotopic (exact) mass is 416 g/mol. The molecule has 1 amide bonds. The highest BCUT2D eigenvalue weighted by Crippen LogP contribution is 2.23. The van der Waals surface area contributed by atoms with Crippen molar-refractivity contribution >= 4 is 47.2 Å². The Bertz CT molecular complexity index is 829. The zero-order chi connectivity index (χ0) is 19.9. The Balaban J connectivity index is 1.69. The van der Waals surface area contributed by atoms with Gasteiger partial charge in [-0.2, -0.15) is 0 Å². The van der Waals surface area contributed by atoms with E-state index in [9.17, 15) is 14.4 Å². The highest BCUT2D eigenvalue weighted by molar-refractivity contribution is 7.97. The van der Waals surface area contributed by atoms with Gasteiger partial charge in [0.25, 0.3) is 0 Å². The van der Waals surface area contributed by atoms with Crippen molar-refractivity contribution in [1.29, 1.82) is 0 Å². The number of halogens is 1. The number of anilines is 1. The summed E-state index contributed by atoms with van der Waals surface area (Å²) < 4.78 is 2.99. The predicted molar refractivity (Wildman–Crippen MR) is 112 cm³/mol. The average Bonchev–Trinajstić information content (AvgIpc) is 3.21. The Morgan fingerprint density at radius 1 is 1.11 bits per heavy atom. The number of hydrogen-bond donors (Lipinski definition) is 1. The molecule has 2 atom stereocenters. The van der Waals surface area contributed by atoms with Crippen LogP contribution >= 0.6 is 23.5 Å². The van der Waals surface area contributed by atoms with Crippen LogP contribution in [0, 0.1) is 5.92 Å². The van der Waals surface area contributed by atoms with E-state index in [1.807, 2.05) is 42.5 Å². The lowest BCUT2D eigenvalue weighted by molar-refractivity contribution is -0.126. The number of benzene rings is 2. The summed E-state index contributed by atoms with van der Waals surface area (Å²) in [5.41, 5.74) is 1.72. The van der Waals surface area contributed by atoms with E-state index in [1.54, 1.807) is 17.0 Å². The number of hydrogen-bond acceptors (Lipinski definition) is 5. The molecule has 1 fully saturated rings. The number of nitrogens with one attached hydrogen (secondary N) is 1. The first-order chi connectivity index (χ1) is 13.6. The zero-order valence-corrected chi connectivity index (χ0v) is 16.8. The molecule has 5 nitrogen and oxygen atoms in total. The maximum atomic E-state index is 12.9. The number of Topliss-reactive ketones (excluding diaryl/α,β-unsaturated/α-hetero) is 1. The first-order valence-electron chi connectivity index (χ1n) is 9.03. The van der Waals surface area contributed by atoms with Crippen LogP contribution in [0.3, 0.4) is 0 Å². The van der Waals surface area contributed by atoms with Gasteiger partial charge in [-0.25, -0.2) is 0 Å². The highest BCUT2D eigenvalue weighted by atomic mass is 35.5. The minimum Gasteiger partial charge on any atom is -0.308 e. The van der Waals surface area contributed by atoms with Crippen LogP contribution < -0.4 is 9.62 Å². The van der Waals surface area contributed by atoms with Gasteiger partial charge in [0.2, 0.25) is 5.91 Å². The second kappa shape index (κ2) is 9.87. The van der Waals surface area contributed by atoms with Crippen molar-refractivity contribution in [2.45, 2.75) is 25.4 Å². The van der Waals surface area contributed by atoms with Crippen molar-refractivity contribution in [3.63, 3.8) is 0 Å². The maximum Gasteiger partial charge on any atom is 0.227 e. The van der Waals surface area contributed by atoms with Gasteiger partial charge in [0, 0.05) is 35.2 Å². The van der Waals surface area contributed by atoms with Crippen molar-refractivity contribution < 1.29 is 14.4 Å². The van der Waals surface area contributed by atoms with Gasteiger partial charge in [0.15, 0.2) is 5.78 Å². The number of amides is 1. The number of aldehydes is 1. The molecular weight excluding hydrogens is 396 g/mol. The summed E-state index contributed by atoms with van der Waals surface area (Å²) in [5.74, 6) is 0.0188. The Labute approximate surface area is 173 Å². The number of carbonyl (C=O) groups is 3. The second-order valence-corrected chi connectivity index (χ2v) is 7.91. The van der Waals surface area contributed by atoms with E-state index in [0.29, 0.717) is 17.3 Å². The van der Waals surface area contributed by atoms with Gasteiger partial charge in [-0.1, -0.05) is 53.9 Å². The summed E-state index contributed by atoms with van der Waals surface area (Å²) in [5, 5.41) is 0.638. The third-order valence-electron chi connectivity index (χ3n) is 4.64. The zero-order valence-electron chi connectivity index (χ0n) is 15.2. The molecule has 2 aromatic rings. The molecule has 2 aromatic carbocycles. The van der Waals surface area contributed by atoms with Gasteiger partial charge >= 0.3 is 0 Å². The number of ketones is 1. The molecule has 0 bridgehead atoms. The predicted octanol–water partition coefficient (Wildman–Crippen LogP) is 3.66. The SMILES string of the molecule is O=C[C@@H]1CSNC1C(=O)CCC(=O)N(Cc1ccc(Cl)cc1)c1ccccc1. The molecule has 1 aliphatic rings. The molecule has 1 unspecified atom stereocenters. The van der Waals surface area contributed by atoms with Crippen LogP contribution in [0.2, 0.25) is 5.02 Å². The van der Waals surface area contributed by atoms with Crippen LogP contribution in [0.4, 0.5) is 5.69 Å². The van der Waals surface area contributed by atoms with Crippen LogP contribution in [-0.2, 0) is 20.9 Å². The summed E-state index contributed by atoms with van der Waals surface area (Å²) >= 11 is 7.32. The second-order valence-electron chi connectivity index (χ2n) is 6.61. The summed E-state index contributed by atoms with van der Waals surface area (Å²) in [4.78, 5) is 38.2. The van der Waals surface area contributed by atoms with Gasteiger partial charge < -0.3 is 9.69 Å². The van der Waals surface area contributed by atoms with Crippen molar-refractivity contribution in [3.8, 4) is 0 Å². The minimum absolute atomic E-state index is 0.0930. The van der Waals surface area contributed by atoms with Gasteiger partial charge in [0.1, 0.15) is 6.29 Å². The van der Waals surface area contributed by atoms with Crippen molar-refractivity contribution in [3.05, 3.63) is 65.2 Å². The summed E-state index contributed by atoms with van der Waals surface area (Å²) in [7, 11) is 0. The lowest BCUT2D eigenvalue weighted by atomic mass is 9.97. The fourth-order valence-corrected chi connectivity index (χ4v) is 4.24. The Morgan fingerprint density at radius 2 is 1.82 bits per heavy atom. The largest absolute Gasteiger partial charge is 0.308 e. The topological polar surface area (TPSA) is 66.5 Å². The van der Waals surface area contributed by atoms with Crippen molar-refractivity contribution in [2.75, 3.05) is 10.7 Å². The quantitative estimate of drug-likeness (QED) is 0.525. The van der Waals surface area contributed by atoms with E-state index < -0.39 is 6.04 Å². The number of para-hydroxylation sites is 1. The Morgan fingerprint density at radius 3 is 2.50 bits per heavy atom. The smallest absolute Gasteiger partial charge is 0.227 e. The molecule has 28 heavy (non-hydrogen) atoms. The lowest BCUT2D eigenvalue weighted by Crippen LogP contribution is -2.37. The van der Waals surface area contributed by atoms with Gasteiger partial charge in [-0.05, 0) is 29.8 Å². The van der Waals surface area contributed by atoms with E-state index >= 15 is 0 Å². The molecule has 0 aromatic heterocycles. The molecule has 0 aliphatic carbocycles. The van der Waals surface area contributed by atoms with Crippen LogP contribution in [0.1, 0.15) is 18.4 Å². The van der Waals surface area contributed by atoms with Gasteiger partial charge in [0.05, 0.1) is 12.6 Å². The first-order valence-corrected chi connectivity index (χ1v) is 10.4. The molecular formula is C21H21ClN2O3S.